The summed E-state index contributed by atoms with van der Waals surface area (Å²) in [5.74, 6) is -1.34. The molecule has 2 fully saturated rings. The Balaban J connectivity index is 0.00000336. The van der Waals surface area contributed by atoms with Crippen LogP contribution >= 0.6 is 12.4 Å². The maximum atomic E-state index is 14.3. The second-order valence-corrected chi connectivity index (χ2v) is 10.0. The highest BCUT2D eigenvalue weighted by Gasteiger charge is 2.34. The number of anilines is 2. The van der Waals surface area contributed by atoms with E-state index in [0.717, 1.165) is 32.0 Å². The zero-order valence-corrected chi connectivity index (χ0v) is 22.0. The number of hydrogen-bond acceptors (Lipinski definition) is 9. The molecule has 0 unspecified atom stereocenters. The van der Waals surface area contributed by atoms with E-state index in [-0.39, 0.29) is 23.9 Å². The van der Waals surface area contributed by atoms with E-state index in [1.165, 1.54) is 0 Å². The van der Waals surface area contributed by atoms with Gasteiger partial charge in [-0.05, 0) is 30.4 Å². The molecule has 13 heteroatoms. The summed E-state index contributed by atoms with van der Waals surface area (Å²) in [5, 5.41) is 4.03. The average Bonchev–Trinajstić information content (AvgIpc) is 3.53. The predicted octanol–water partition coefficient (Wildman–Crippen LogP) is 4.05. The molecule has 0 saturated carbocycles. The lowest BCUT2D eigenvalue weighted by Gasteiger charge is -2.30. The van der Waals surface area contributed by atoms with Gasteiger partial charge in [0.1, 0.15) is 11.6 Å². The average molecular weight is 554 g/mol. The molecule has 0 aliphatic carbocycles. The Morgan fingerprint density at radius 2 is 1.76 bits per heavy atom. The second kappa shape index (κ2) is 11.7. The minimum absolute atomic E-state index is 0. The van der Waals surface area contributed by atoms with Crippen LogP contribution in [0.4, 0.5) is 25.0 Å². The fraction of sp³-hybridized carbons (Fsp3) is 0.520. The smallest absolute Gasteiger partial charge is 0.324 e. The maximum absolute atomic E-state index is 14.3. The lowest BCUT2D eigenvalue weighted by atomic mass is 9.94. The molecule has 5 rings (SSSR count). The molecule has 38 heavy (non-hydrogen) atoms. The molecular weight excluding hydrogens is 523 g/mol. The van der Waals surface area contributed by atoms with Crippen molar-refractivity contribution in [2.75, 3.05) is 42.6 Å². The van der Waals surface area contributed by atoms with E-state index in [1.54, 1.807) is 12.4 Å². The number of hydrogen-bond donors (Lipinski definition) is 1. The van der Waals surface area contributed by atoms with Gasteiger partial charge in [0.05, 0.1) is 19.0 Å². The van der Waals surface area contributed by atoms with Gasteiger partial charge in [-0.3, -0.25) is 0 Å². The molecule has 0 spiro atoms. The van der Waals surface area contributed by atoms with Crippen molar-refractivity contribution in [3.8, 4) is 5.88 Å². The van der Waals surface area contributed by atoms with Crippen LogP contribution in [0, 0.1) is 23.4 Å². The van der Waals surface area contributed by atoms with Gasteiger partial charge in [0.15, 0.2) is 17.5 Å². The van der Waals surface area contributed by atoms with Gasteiger partial charge < -0.3 is 24.8 Å². The molecule has 0 radical (unpaired) electrons. The summed E-state index contributed by atoms with van der Waals surface area (Å²) in [6.45, 7) is 6.91. The summed E-state index contributed by atoms with van der Waals surface area (Å²) in [5.41, 5.74) is 6.27. The van der Waals surface area contributed by atoms with E-state index in [0.29, 0.717) is 55.2 Å². The van der Waals surface area contributed by atoms with Crippen LogP contribution in [0.5, 0.6) is 5.88 Å². The van der Waals surface area contributed by atoms with E-state index < -0.39 is 29.4 Å². The lowest BCUT2D eigenvalue weighted by Crippen LogP contribution is -2.35. The standard InChI is InChI=1S/C25H30F3N7O2.ClH/c1-14(2)24-32-25(37-33-24)34-5-3-15(4-6-34)13-36-23-10-30-22(9-31-23)35-11-17(21(29)12-35)16-7-19(27)20(28)8-18(16)26;/h7-10,14-15,17,21H,3-6,11-13,29H2,1-2H3;1H/t17-,21+;/m1./s1. The third-order valence-electron chi connectivity index (χ3n) is 7.04. The molecule has 3 aromatic rings. The van der Waals surface area contributed by atoms with Crippen molar-refractivity contribution in [2.45, 2.75) is 44.6 Å². The number of rotatable bonds is 7. The monoisotopic (exact) mass is 553 g/mol. The molecular formula is C25H31ClF3N7O2. The summed E-state index contributed by atoms with van der Waals surface area (Å²) in [7, 11) is 0. The first-order chi connectivity index (χ1) is 17.8. The zero-order valence-electron chi connectivity index (χ0n) is 21.2. The highest BCUT2D eigenvalue weighted by Crippen LogP contribution is 2.32. The van der Waals surface area contributed by atoms with Gasteiger partial charge in [0, 0.05) is 50.1 Å². The Morgan fingerprint density at radius 1 is 1.03 bits per heavy atom. The number of halogens is 4. The highest BCUT2D eigenvalue weighted by molar-refractivity contribution is 5.85. The van der Waals surface area contributed by atoms with Crippen LogP contribution in [-0.4, -0.2) is 58.9 Å². The lowest BCUT2D eigenvalue weighted by molar-refractivity contribution is 0.213. The van der Waals surface area contributed by atoms with Crippen molar-refractivity contribution in [1.29, 1.82) is 0 Å². The largest absolute Gasteiger partial charge is 0.476 e. The summed E-state index contributed by atoms with van der Waals surface area (Å²) < 4.78 is 52.6. The molecule has 2 aliphatic rings. The first-order valence-corrected chi connectivity index (χ1v) is 12.5. The Kier molecular flexibility index (Phi) is 8.61. The van der Waals surface area contributed by atoms with Gasteiger partial charge in [0.2, 0.25) is 5.88 Å². The fourth-order valence-corrected chi connectivity index (χ4v) is 4.80. The van der Waals surface area contributed by atoms with Gasteiger partial charge in [-0.15, -0.1) is 12.4 Å². The molecule has 0 bridgehead atoms. The predicted molar refractivity (Wildman–Crippen MR) is 137 cm³/mol. The Hall–Kier alpha value is -3.12. The SMILES string of the molecule is CC(C)c1noc(N2CCC(COc3cnc(N4C[C@H](c5cc(F)c(F)cc5F)[C@@H](N)C4)cn3)CC2)n1.Cl. The van der Waals surface area contributed by atoms with Crippen molar-refractivity contribution in [3.05, 3.63) is 53.4 Å². The van der Waals surface area contributed by atoms with Crippen LogP contribution in [0.25, 0.3) is 0 Å². The van der Waals surface area contributed by atoms with Crippen molar-refractivity contribution >= 4 is 24.2 Å². The van der Waals surface area contributed by atoms with Gasteiger partial charge in [-0.2, -0.15) is 4.98 Å². The first-order valence-electron chi connectivity index (χ1n) is 12.5. The fourth-order valence-electron chi connectivity index (χ4n) is 4.80. The Labute approximate surface area is 225 Å². The van der Waals surface area contributed by atoms with E-state index in [4.69, 9.17) is 15.0 Å². The van der Waals surface area contributed by atoms with E-state index in [1.807, 2.05) is 18.7 Å². The number of ether oxygens (including phenoxy) is 1. The first kappa shape index (κ1) is 27.9. The zero-order chi connectivity index (χ0) is 26.1. The molecule has 1 aromatic carbocycles. The van der Waals surface area contributed by atoms with Crippen LogP contribution < -0.4 is 20.3 Å². The second-order valence-electron chi connectivity index (χ2n) is 10.0. The third kappa shape index (κ3) is 5.96. The minimum Gasteiger partial charge on any atom is -0.476 e. The molecule has 9 nitrogen and oxygen atoms in total. The van der Waals surface area contributed by atoms with Crippen LogP contribution in [-0.2, 0) is 0 Å². The summed E-state index contributed by atoms with van der Waals surface area (Å²) >= 11 is 0. The molecule has 2 saturated heterocycles. The van der Waals surface area contributed by atoms with E-state index >= 15 is 0 Å². The van der Waals surface area contributed by atoms with Crippen LogP contribution in [0.3, 0.4) is 0 Å². The van der Waals surface area contributed by atoms with Gasteiger partial charge in [0.25, 0.3) is 0 Å². The molecule has 2 atom stereocenters. The summed E-state index contributed by atoms with van der Waals surface area (Å²) in [6.07, 6.45) is 4.99. The molecule has 4 heterocycles. The van der Waals surface area contributed by atoms with Gasteiger partial charge in [-0.1, -0.05) is 19.0 Å². The number of nitrogens with zero attached hydrogens (tertiary/aromatic N) is 6. The molecule has 2 N–H and O–H groups in total. The quantitative estimate of drug-likeness (QED) is 0.434. The maximum Gasteiger partial charge on any atom is 0.324 e. The minimum atomic E-state index is -1.22. The van der Waals surface area contributed by atoms with Crippen molar-refractivity contribution in [2.24, 2.45) is 11.7 Å². The van der Waals surface area contributed by atoms with Gasteiger partial charge in [-0.25, -0.2) is 23.1 Å². The number of benzene rings is 1. The molecule has 206 valence electrons. The number of piperidine rings is 1. The molecule has 0 amide bonds. The van der Waals surface area contributed by atoms with Crippen molar-refractivity contribution in [3.63, 3.8) is 0 Å². The van der Waals surface area contributed by atoms with E-state index in [9.17, 15) is 13.2 Å². The van der Waals surface area contributed by atoms with Crippen LogP contribution in [0.2, 0.25) is 0 Å². The Bertz CT molecular complexity index is 1220. The van der Waals surface area contributed by atoms with E-state index in [2.05, 4.69) is 25.0 Å². The highest BCUT2D eigenvalue weighted by atomic mass is 35.5. The van der Waals surface area contributed by atoms with Gasteiger partial charge >= 0.3 is 6.01 Å². The number of aromatic nitrogens is 4. The summed E-state index contributed by atoms with van der Waals surface area (Å²) in [6, 6.07) is 1.55. The van der Waals surface area contributed by atoms with Crippen LogP contribution in [0.1, 0.15) is 49.9 Å². The normalized spacial score (nSPS) is 20.2. The molecule has 2 aromatic heterocycles. The topological polar surface area (TPSA) is 106 Å². The van der Waals surface area contributed by atoms with Crippen molar-refractivity contribution < 1.29 is 22.4 Å². The summed E-state index contributed by atoms with van der Waals surface area (Å²) in [4.78, 5) is 17.2. The number of nitrogens with two attached hydrogens (primary N) is 1. The Morgan fingerprint density at radius 3 is 2.42 bits per heavy atom. The molecule has 2 aliphatic heterocycles. The van der Waals surface area contributed by atoms with Crippen LogP contribution in [0.15, 0.2) is 29.0 Å². The van der Waals surface area contributed by atoms with Crippen molar-refractivity contribution in [1.82, 2.24) is 20.1 Å². The third-order valence-corrected chi connectivity index (χ3v) is 7.04.